The summed E-state index contributed by atoms with van der Waals surface area (Å²) in [6.45, 7) is 16.3. The molecule has 2 aromatic rings. The van der Waals surface area contributed by atoms with Gasteiger partial charge in [0.1, 0.15) is 4.88 Å². The van der Waals surface area contributed by atoms with Crippen LogP contribution < -0.4 is 5.32 Å². The van der Waals surface area contributed by atoms with E-state index in [0.29, 0.717) is 4.88 Å². The van der Waals surface area contributed by atoms with E-state index >= 15 is 0 Å². The third kappa shape index (κ3) is 5.12. The van der Waals surface area contributed by atoms with Crippen LogP contribution in [0.4, 0.5) is 5.69 Å². The molecule has 138 valence electrons. The van der Waals surface area contributed by atoms with Crippen molar-refractivity contribution in [1.29, 1.82) is 0 Å². The molecule has 0 aliphatic heterocycles. The normalized spacial score (nSPS) is 12.0. The first-order valence-electron chi connectivity index (χ1n) is 8.78. The minimum atomic E-state index is -0.117. The smallest absolute Gasteiger partial charge is 0.267 e. The standard InChI is InChI=1S/C18H29N5OS/c1-7-22(8-2)9-10-23-12-14(11-19-23)21-16(24)15-13(3)20-17(25-15)18(4,5)6/h11-12H,7-10H2,1-6H3,(H,21,24). The van der Waals surface area contributed by atoms with Crippen LogP contribution in [-0.4, -0.2) is 45.2 Å². The Hall–Kier alpha value is -1.73. The van der Waals surface area contributed by atoms with Crippen LogP contribution in [0.3, 0.4) is 0 Å². The number of hydrogen-bond donors (Lipinski definition) is 1. The monoisotopic (exact) mass is 363 g/mol. The lowest BCUT2D eigenvalue weighted by Gasteiger charge is -2.17. The fourth-order valence-electron chi connectivity index (χ4n) is 2.45. The van der Waals surface area contributed by atoms with Crippen molar-refractivity contribution >= 4 is 22.9 Å². The summed E-state index contributed by atoms with van der Waals surface area (Å²) in [6, 6.07) is 0. The first kappa shape index (κ1) is 19.6. The van der Waals surface area contributed by atoms with E-state index in [-0.39, 0.29) is 11.3 Å². The predicted octanol–water partition coefficient (Wildman–Crippen LogP) is 3.54. The third-order valence-corrected chi connectivity index (χ3v) is 5.66. The Morgan fingerprint density at radius 1 is 1.32 bits per heavy atom. The van der Waals surface area contributed by atoms with Gasteiger partial charge in [-0.15, -0.1) is 11.3 Å². The van der Waals surface area contributed by atoms with Crippen LogP contribution in [0.25, 0.3) is 0 Å². The number of thiazole rings is 1. The molecule has 0 spiro atoms. The Bertz CT molecular complexity index is 709. The maximum atomic E-state index is 12.6. The highest BCUT2D eigenvalue weighted by atomic mass is 32.1. The van der Waals surface area contributed by atoms with Gasteiger partial charge in [-0.1, -0.05) is 34.6 Å². The zero-order valence-electron chi connectivity index (χ0n) is 16.1. The summed E-state index contributed by atoms with van der Waals surface area (Å²) in [5, 5.41) is 8.24. The van der Waals surface area contributed by atoms with Gasteiger partial charge in [0, 0.05) is 18.2 Å². The molecule has 0 aromatic carbocycles. The van der Waals surface area contributed by atoms with Gasteiger partial charge in [0.2, 0.25) is 0 Å². The average molecular weight is 364 g/mol. The molecular formula is C18H29N5OS. The number of likely N-dealkylation sites (N-methyl/N-ethyl adjacent to an activating group) is 1. The average Bonchev–Trinajstić information content (AvgIpc) is 3.14. The molecule has 25 heavy (non-hydrogen) atoms. The summed E-state index contributed by atoms with van der Waals surface area (Å²) in [5.41, 5.74) is 1.44. The number of aryl methyl sites for hydroxylation is 1. The molecule has 7 heteroatoms. The Morgan fingerprint density at radius 3 is 2.56 bits per heavy atom. The second-order valence-corrected chi connectivity index (χ2v) is 8.16. The Labute approximate surface area is 154 Å². The van der Waals surface area contributed by atoms with Crippen molar-refractivity contribution in [2.75, 3.05) is 25.0 Å². The Morgan fingerprint density at radius 2 is 2.00 bits per heavy atom. The first-order valence-corrected chi connectivity index (χ1v) is 9.60. The van der Waals surface area contributed by atoms with E-state index in [0.717, 1.165) is 42.6 Å². The van der Waals surface area contributed by atoms with Gasteiger partial charge in [0.25, 0.3) is 5.91 Å². The molecule has 2 aromatic heterocycles. The minimum Gasteiger partial charge on any atom is -0.319 e. The second-order valence-electron chi connectivity index (χ2n) is 7.16. The van der Waals surface area contributed by atoms with Gasteiger partial charge in [-0.25, -0.2) is 4.98 Å². The van der Waals surface area contributed by atoms with Crippen molar-refractivity contribution in [2.45, 2.75) is 53.5 Å². The zero-order valence-corrected chi connectivity index (χ0v) is 16.9. The summed E-state index contributed by atoms with van der Waals surface area (Å²) in [5.74, 6) is -0.117. The van der Waals surface area contributed by atoms with Gasteiger partial charge in [-0.2, -0.15) is 5.10 Å². The molecule has 0 fully saturated rings. The van der Waals surface area contributed by atoms with E-state index in [1.54, 1.807) is 6.20 Å². The molecule has 0 atom stereocenters. The fourth-order valence-corrected chi connectivity index (χ4v) is 3.47. The molecule has 0 bridgehead atoms. The zero-order chi connectivity index (χ0) is 18.6. The lowest BCUT2D eigenvalue weighted by molar-refractivity contribution is 0.103. The van der Waals surface area contributed by atoms with Gasteiger partial charge in [-0.05, 0) is 20.0 Å². The molecule has 2 rings (SSSR count). The quantitative estimate of drug-likeness (QED) is 0.817. The highest BCUT2D eigenvalue weighted by Crippen LogP contribution is 2.29. The Balaban J connectivity index is 2.01. The molecule has 0 saturated carbocycles. The van der Waals surface area contributed by atoms with E-state index in [1.165, 1.54) is 11.3 Å². The molecule has 0 radical (unpaired) electrons. The van der Waals surface area contributed by atoms with Crippen LogP contribution in [0.1, 0.15) is 55.0 Å². The molecule has 0 aliphatic rings. The number of amides is 1. The summed E-state index contributed by atoms with van der Waals surface area (Å²) in [7, 11) is 0. The second kappa shape index (κ2) is 8.10. The van der Waals surface area contributed by atoms with Gasteiger partial charge in [0.15, 0.2) is 0 Å². The number of anilines is 1. The Kier molecular flexibility index (Phi) is 6.35. The first-order chi connectivity index (χ1) is 11.7. The highest BCUT2D eigenvalue weighted by Gasteiger charge is 2.23. The number of carbonyl (C=O) groups is 1. The number of hydrogen-bond acceptors (Lipinski definition) is 5. The van der Waals surface area contributed by atoms with Crippen molar-refractivity contribution in [3.05, 3.63) is 28.0 Å². The van der Waals surface area contributed by atoms with Crippen molar-refractivity contribution in [3.63, 3.8) is 0 Å². The number of nitrogens with zero attached hydrogens (tertiary/aromatic N) is 4. The van der Waals surface area contributed by atoms with Crippen molar-refractivity contribution in [3.8, 4) is 0 Å². The van der Waals surface area contributed by atoms with E-state index < -0.39 is 0 Å². The van der Waals surface area contributed by atoms with E-state index in [4.69, 9.17) is 0 Å². The van der Waals surface area contributed by atoms with Crippen LogP contribution in [0.5, 0.6) is 0 Å². The topological polar surface area (TPSA) is 63.0 Å². The van der Waals surface area contributed by atoms with Crippen LogP contribution in [0.15, 0.2) is 12.4 Å². The largest absolute Gasteiger partial charge is 0.319 e. The molecule has 0 aliphatic carbocycles. The molecule has 2 heterocycles. The highest BCUT2D eigenvalue weighted by molar-refractivity contribution is 7.14. The molecule has 6 nitrogen and oxygen atoms in total. The maximum absolute atomic E-state index is 12.6. The number of carbonyl (C=O) groups excluding carboxylic acids is 1. The SMILES string of the molecule is CCN(CC)CCn1cc(NC(=O)c2sc(C(C)(C)C)nc2C)cn1. The number of aromatic nitrogens is 3. The van der Waals surface area contributed by atoms with Crippen LogP contribution in [0, 0.1) is 6.92 Å². The van der Waals surface area contributed by atoms with E-state index in [9.17, 15) is 4.79 Å². The van der Waals surface area contributed by atoms with Gasteiger partial charge >= 0.3 is 0 Å². The van der Waals surface area contributed by atoms with Gasteiger partial charge < -0.3 is 10.2 Å². The minimum absolute atomic E-state index is 0.0523. The molecule has 0 saturated heterocycles. The predicted molar refractivity (Wildman–Crippen MR) is 104 cm³/mol. The summed E-state index contributed by atoms with van der Waals surface area (Å²) in [6.07, 6.45) is 3.57. The van der Waals surface area contributed by atoms with Crippen molar-refractivity contribution in [1.82, 2.24) is 19.7 Å². The maximum Gasteiger partial charge on any atom is 0.267 e. The summed E-state index contributed by atoms with van der Waals surface area (Å²) < 4.78 is 1.87. The van der Waals surface area contributed by atoms with Crippen LogP contribution in [0.2, 0.25) is 0 Å². The number of rotatable bonds is 7. The summed E-state index contributed by atoms with van der Waals surface area (Å²) in [4.78, 5) is 20.1. The molecule has 0 unspecified atom stereocenters. The van der Waals surface area contributed by atoms with E-state index in [2.05, 4.69) is 54.9 Å². The summed E-state index contributed by atoms with van der Waals surface area (Å²) >= 11 is 1.46. The van der Waals surface area contributed by atoms with Crippen molar-refractivity contribution in [2.24, 2.45) is 0 Å². The van der Waals surface area contributed by atoms with Crippen LogP contribution in [-0.2, 0) is 12.0 Å². The molecule has 1 N–H and O–H groups in total. The molecular weight excluding hydrogens is 334 g/mol. The molecule has 1 amide bonds. The van der Waals surface area contributed by atoms with Gasteiger partial charge in [0.05, 0.1) is 29.1 Å². The lowest BCUT2D eigenvalue weighted by Crippen LogP contribution is -2.27. The fraction of sp³-hybridized carbons (Fsp3) is 0.611. The van der Waals surface area contributed by atoms with Crippen LogP contribution >= 0.6 is 11.3 Å². The lowest BCUT2D eigenvalue weighted by atomic mass is 9.98. The van der Waals surface area contributed by atoms with E-state index in [1.807, 2.05) is 17.8 Å². The van der Waals surface area contributed by atoms with Gasteiger partial charge in [-0.3, -0.25) is 9.48 Å². The third-order valence-electron chi connectivity index (χ3n) is 4.08. The van der Waals surface area contributed by atoms with Crippen molar-refractivity contribution < 1.29 is 4.79 Å². The number of nitrogens with one attached hydrogen (secondary N) is 1.